The number of carbonyl (C=O) groups is 2. The molecule has 0 heterocycles. The molecule has 1 amide bonds. The largest absolute Gasteiger partial charge is 0.478 e. The van der Waals surface area contributed by atoms with Crippen LogP contribution in [0.15, 0.2) is 24.3 Å². The summed E-state index contributed by atoms with van der Waals surface area (Å²) in [6.45, 7) is 0.446. The summed E-state index contributed by atoms with van der Waals surface area (Å²) in [5.74, 6) is 0.192. The first-order chi connectivity index (χ1) is 9.13. The van der Waals surface area contributed by atoms with Gasteiger partial charge in [-0.2, -0.15) is 11.8 Å². The minimum Gasteiger partial charge on any atom is -0.478 e. The molecule has 0 aliphatic heterocycles. The minimum atomic E-state index is -0.940. The highest BCUT2D eigenvalue weighted by Gasteiger charge is 2.03. The van der Waals surface area contributed by atoms with E-state index < -0.39 is 5.97 Å². The number of nitrogens with one attached hydrogen (secondary N) is 1. The summed E-state index contributed by atoms with van der Waals surface area (Å²) >= 11 is 1.79. The number of hydrogen-bond acceptors (Lipinski definition) is 3. The van der Waals surface area contributed by atoms with Gasteiger partial charge in [0.25, 0.3) is 0 Å². The monoisotopic (exact) mass is 281 g/mol. The van der Waals surface area contributed by atoms with Crippen LogP contribution in [0.2, 0.25) is 0 Å². The third-order valence-corrected chi connectivity index (χ3v) is 3.39. The number of thioether (sulfide) groups is 1. The molecule has 104 valence electrons. The van der Waals surface area contributed by atoms with Crippen molar-refractivity contribution in [3.63, 3.8) is 0 Å². The zero-order valence-corrected chi connectivity index (χ0v) is 11.8. The Morgan fingerprint density at radius 2 is 1.89 bits per heavy atom. The van der Waals surface area contributed by atoms with Gasteiger partial charge in [0.2, 0.25) is 5.91 Å². The molecular weight excluding hydrogens is 262 g/mol. The molecule has 0 aromatic heterocycles. The van der Waals surface area contributed by atoms with Gasteiger partial charge < -0.3 is 10.4 Å². The molecule has 0 radical (unpaired) electrons. The summed E-state index contributed by atoms with van der Waals surface area (Å²) < 4.78 is 0. The van der Waals surface area contributed by atoms with E-state index in [0.717, 1.165) is 24.2 Å². The smallest absolute Gasteiger partial charge is 0.335 e. The second-order valence-electron chi connectivity index (χ2n) is 4.23. The van der Waals surface area contributed by atoms with Gasteiger partial charge in [-0.3, -0.25) is 4.79 Å². The summed E-state index contributed by atoms with van der Waals surface area (Å²) in [7, 11) is 0. The number of rotatable bonds is 8. The van der Waals surface area contributed by atoms with E-state index >= 15 is 0 Å². The Labute approximate surface area is 117 Å². The molecule has 0 atom stereocenters. The second kappa shape index (κ2) is 8.58. The Morgan fingerprint density at radius 1 is 1.21 bits per heavy atom. The van der Waals surface area contributed by atoms with Crippen molar-refractivity contribution in [1.82, 2.24) is 5.32 Å². The average Bonchev–Trinajstić information content (AvgIpc) is 2.42. The van der Waals surface area contributed by atoms with Gasteiger partial charge in [-0.1, -0.05) is 12.1 Å². The van der Waals surface area contributed by atoms with Gasteiger partial charge in [0, 0.05) is 13.0 Å². The molecule has 1 rings (SSSR count). The van der Waals surface area contributed by atoms with E-state index in [1.807, 2.05) is 0 Å². The van der Waals surface area contributed by atoms with Gasteiger partial charge in [0.05, 0.1) is 5.56 Å². The summed E-state index contributed by atoms with van der Waals surface area (Å²) in [5.41, 5.74) is 1.16. The van der Waals surface area contributed by atoms with Gasteiger partial charge in [-0.05, 0) is 42.5 Å². The molecule has 1 aromatic rings. The number of benzene rings is 1. The van der Waals surface area contributed by atoms with Crippen LogP contribution in [0.4, 0.5) is 0 Å². The van der Waals surface area contributed by atoms with Crippen molar-refractivity contribution in [1.29, 1.82) is 0 Å². The molecule has 0 aliphatic carbocycles. The average molecular weight is 281 g/mol. The number of carbonyl (C=O) groups excluding carboxylic acids is 1. The lowest BCUT2D eigenvalue weighted by Crippen LogP contribution is -2.22. The maximum absolute atomic E-state index is 11.5. The third kappa shape index (κ3) is 6.29. The quantitative estimate of drug-likeness (QED) is 0.719. The van der Waals surface area contributed by atoms with Crippen LogP contribution in [0.25, 0.3) is 0 Å². The van der Waals surface area contributed by atoms with E-state index in [1.165, 1.54) is 0 Å². The van der Waals surface area contributed by atoms with Crippen molar-refractivity contribution in [2.75, 3.05) is 12.0 Å². The van der Waals surface area contributed by atoms with Crippen molar-refractivity contribution >= 4 is 23.6 Å². The highest BCUT2D eigenvalue weighted by Crippen LogP contribution is 2.05. The standard InChI is InChI=1S/C14H19NO3S/c1-19-9-3-2-4-13(16)15-10-11-5-7-12(8-6-11)14(17)18/h5-8H,2-4,9-10H2,1H3,(H,15,16)(H,17,18). The fourth-order valence-electron chi connectivity index (χ4n) is 1.59. The Hall–Kier alpha value is -1.49. The Morgan fingerprint density at radius 3 is 2.47 bits per heavy atom. The van der Waals surface area contributed by atoms with Crippen molar-refractivity contribution in [2.45, 2.75) is 25.8 Å². The van der Waals surface area contributed by atoms with Crippen molar-refractivity contribution in [3.05, 3.63) is 35.4 Å². The van der Waals surface area contributed by atoms with Crippen LogP contribution in [0.3, 0.4) is 0 Å². The number of carboxylic acid groups (broad SMARTS) is 1. The molecule has 0 unspecified atom stereocenters. The van der Waals surface area contributed by atoms with Crippen LogP contribution in [0, 0.1) is 0 Å². The summed E-state index contributed by atoms with van der Waals surface area (Å²) in [6, 6.07) is 6.53. The summed E-state index contributed by atoms with van der Waals surface area (Å²) in [6.07, 6.45) is 4.57. The lowest BCUT2D eigenvalue weighted by atomic mass is 10.1. The van der Waals surface area contributed by atoms with Gasteiger partial charge in [-0.25, -0.2) is 4.79 Å². The van der Waals surface area contributed by atoms with Crippen LogP contribution in [0.1, 0.15) is 35.2 Å². The summed E-state index contributed by atoms with van der Waals surface area (Å²) in [5, 5.41) is 11.6. The molecule has 0 bridgehead atoms. The fourth-order valence-corrected chi connectivity index (χ4v) is 2.08. The Bertz CT molecular complexity index is 417. The zero-order chi connectivity index (χ0) is 14.1. The number of aromatic carboxylic acids is 1. The normalized spacial score (nSPS) is 10.2. The number of amides is 1. The SMILES string of the molecule is CSCCCCC(=O)NCc1ccc(C(=O)O)cc1. The topological polar surface area (TPSA) is 66.4 Å². The van der Waals surface area contributed by atoms with Crippen LogP contribution >= 0.6 is 11.8 Å². The molecule has 5 heteroatoms. The van der Waals surface area contributed by atoms with E-state index in [2.05, 4.69) is 11.6 Å². The molecule has 0 fully saturated rings. The minimum absolute atomic E-state index is 0.0448. The molecule has 0 saturated carbocycles. The molecule has 0 saturated heterocycles. The molecular formula is C14H19NO3S. The lowest BCUT2D eigenvalue weighted by Gasteiger charge is -2.05. The van der Waals surface area contributed by atoms with Crippen LogP contribution < -0.4 is 5.32 Å². The molecule has 0 spiro atoms. The molecule has 1 aromatic carbocycles. The fraction of sp³-hybridized carbons (Fsp3) is 0.429. The predicted molar refractivity (Wildman–Crippen MR) is 77.5 cm³/mol. The van der Waals surface area contributed by atoms with Crippen molar-refractivity contribution < 1.29 is 14.7 Å². The van der Waals surface area contributed by atoms with Crippen LogP contribution in [-0.4, -0.2) is 29.0 Å². The van der Waals surface area contributed by atoms with Crippen molar-refractivity contribution in [3.8, 4) is 0 Å². The molecule has 0 aliphatic rings. The van der Waals surface area contributed by atoms with E-state index in [0.29, 0.717) is 13.0 Å². The van der Waals surface area contributed by atoms with E-state index in [4.69, 9.17) is 5.11 Å². The number of unbranched alkanes of at least 4 members (excludes halogenated alkanes) is 1. The van der Waals surface area contributed by atoms with Gasteiger partial charge >= 0.3 is 5.97 Å². The molecule has 2 N–H and O–H groups in total. The van der Waals surface area contributed by atoms with Gasteiger partial charge in [0.15, 0.2) is 0 Å². The van der Waals surface area contributed by atoms with Gasteiger partial charge in [-0.15, -0.1) is 0 Å². The van der Waals surface area contributed by atoms with Crippen LogP contribution in [0.5, 0.6) is 0 Å². The lowest BCUT2D eigenvalue weighted by molar-refractivity contribution is -0.121. The first-order valence-corrected chi connectivity index (χ1v) is 7.60. The Balaban J connectivity index is 2.28. The first-order valence-electron chi connectivity index (χ1n) is 6.21. The maximum Gasteiger partial charge on any atom is 0.335 e. The highest BCUT2D eigenvalue weighted by atomic mass is 32.2. The Kier molecular flexibility index (Phi) is 7.03. The third-order valence-electron chi connectivity index (χ3n) is 2.69. The molecule has 4 nitrogen and oxygen atoms in total. The number of hydrogen-bond donors (Lipinski definition) is 2. The van der Waals surface area contributed by atoms with Gasteiger partial charge in [0.1, 0.15) is 0 Å². The summed E-state index contributed by atoms with van der Waals surface area (Å²) in [4.78, 5) is 22.2. The van der Waals surface area contributed by atoms with E-state index in [1.54, 1.807) is 36.0 Å². The maximum atomic E-state index is 11.5. The zero-order valence-electron chi connectivity index (χ0n) is 11.0. The second-order valence-corrected chi connectivity index (χ2v) is 5.21. The van der Waals surface area contributed by atoms with E-state index in [-0.39, 0.29) is 11.5 Å². The predicted octanol–water partition coefficient (Wildman–Crippen LogP) is 2.53. The molecule has 19 heavy (non-hydrogen) atoms. The number of carboxylic acids is 1. The van der Waals surface area contributed by atoms with Crippen LogP contribution in [-0.2, 0) is 11.3 Å². The highest BCUT2D eigenvalue weighted by molar-refractivity contribution is 7.98. The van der Waals surface area contributed by atoms with E-state index in [9.17, 15) is 9.59 Å². The van der Waals surface area contributed by atoms with Crippen molar-refractivity contribution in [2.24, 2.45) is 0 Å². The first kappa shape index (κ1) is 15.6.